The lowest BCUT2D eigenvalue weighted by Crippen LogP contribution is -2.10. The Bertz CT molecular complexity index is 483. The molecule has 0 saturated carbocycles. The van der Waals surface area contributed by atoms with E-state index < -0.39 is 0 Å². The molecular formula is C12H16N4OS. The lowest BCUT2D eigenvalue weighted by Gasteiger charge is -2.06. The molecule has 5 nitrogen and oxygen atoms in total. The molecule has 0 aliphatic carbocycles. The molecule has 18 heavy (non-hydrogen) atoms. The Labute approximate surface area is 110 Å². The van der Waals surface area contributed by atoms with Gasteiger partial charge in [-0.3, -0.25) is 0 Å². The Balaban J connectivity index is 1.97. The smallest absolute Gasteiger partial charge is 0.207 e. The van der Waals surface area contributed by atoms with E-state index in [1.807, 2.05) is 31.2 Å². The van der Waals surface area contributed by atoms with E-state index in [2.05, 4.69) is 14.7 Å². The average Bonchev–Trinajstić information content (AvgIpc) is 2.86. The highest BCUT2D eigenvalue weighted by Gasteiger charge is 2.02. The van der Waals surface area contributed by atoms with Gasteiger partial charge in [-0.15, -0.1) is 0 Å². The largest absolute Gasteiger partial charge is 0.492 e. The molecule has 1 aromatic heterocycles. The zero-order chi connectivity index (χ0) is 12.8. The second-order valence-corrected chi connectivity index (χ2v) is 4.41. The van der Waals surface area contributed by atoms with Crippen molar-refractivity contribution < 1.29 is 4.74 Å². The van der Waals surface area contributed by atoms with Crippen LogP contribution in [0, 0.1) is 0 Å². The minimum absolute atomic E-state index is 0.518. The van der Waals surface area contributed by atoms with Gasteiger partial charge in [-0.1, -0.05) is 6.92 Å². The summed E-state index contributed by atoms with van der Waals surface area (Å²) in [6.45, 7) is 3.09. The molecule has 1 heterocycles. The second-order valence-electron chi connectivity index (χ2n) is 3.66. The number of anilines is 2. The SMILES string of the molecule is CCc1nsc(Nc2ccc(OCCN)cc2)n1. The number of hydrogen-bond donors (Lipinski definition) is 2. The van der Waals surface area contributed by atoms with Crippen LogP contribution in [0.15, 0.2) is 24.3 Å². The quantitative estimate of drug-likeness (QED) is 0.836. The summed E-state index contributed by atoms with van der Waals surface area (Å²) in [4.78, 5) is 4.34. The van der Waals surface area contributed by atoms with E-state index in [1.165, 1.54) is 11.5 Å². The van der Waals surface area contributed by atoms with E-state index in [0.29, 0.717) is 13.2 Å². The van der Waals surface area contributed by atoms with Crippen LogP contribution in [-0.4, -0.2) is 22.5 Å². The van der Waals surface area contributed by atoms with Crippen LogP contribution in [-0.2, 0) is 6.42 Å². The van der Waals surface area contributed by atoms with Crippen molar-refractivity contribution in [3.63, 3.8) is 0 Å². The van der Waals surface area contributed by atoms with Gasteiger partial charge in [0.2, 0.25) is 5.13 Å². The van der Waals surface area contributed by atoms with Crippen molar-refractivity contribution in [1.82, 2.24) is 9.36 Å². The van der Waals surface area contributed by atoms with E-state index >= 15 is 0 Å². The number of ether oxygens (including phenoxy) is 1. The summed E-state index contributed by atoms with van der Waals surface area (Å²) in [6, 6.07) is 7.69. The standard InChI is InChI=1S/C12H16N4OS/c1-2-11-15-12(18-16-11)14-9-3-5-10(6-4-9)17-8-7-13/h3-6H,2,7-8,13H2,1H3,(H,14,15,16). The zero-order valence-corrected chi connectivity index (χ0v) is 11.0. The lowest BCUT2D eigenvalue weighted by atomic mass is 10.3. The molecule has 0 bridgehead atoms. The molecule has 0 saturated heterocycles. The summed E-state index contributed by atoms with van der Waals surface area (Å²) in [5.41, 5.74) is 6.34. The van der Waals surface area contributed by atoms with Crippen LogP contribution in [0.5, 0.6) is 5.75 Å². The van der Waals surface area contributed by atoms with E-state index in [4.69, 9.17) is 10.5 Å². The molecule has 96 valence electrons. The van der Waals surface area contributed by atoms with Crippen LogP contribution in [0.4, 0.5) is 10.8 Å². The van der Waals surface area contributed by atoms with E-state index in [1.54, 1.807) is 0 Å². The highest BCUT2D eigenvalue weighted by molar-refractivity contribution is 7.09. The second kappa shape index (κ2) is 6.32. The summed E-state index contributed by atoms with van der Waals surface area (Å²) in [5, 5.41) is 4.01. The fraction of sp³-hybridized carbons (Fsp3) is 0.333. The van der Waals surface area contributed by atoms with Gasteiger partial charge >= 0.3 is 0 Å². The maximum atomic E-state index is 5.40. The number of nitrogens with two attached hydrogens (primary N) is 1. The number of nitrogens with zero attached hydrogens (tertiary/aromatic N) is 2. The van der Waals surface area contributed by atoms with Gasteiger partial charge in [-0.25, -0.2) is 4.98 Å². The molecule has 0 atom stereocenters. The monoisotopic (exact) mass is 264 g/mol. The molecule has 0 aliphatic heterocycles. The van der Waals surface area contributed by atoms with E-state index in [9.17, 15) is 0 Å². The van der Waals surface area contributed by atoms with Gasteiger partial charge in [0.05, 0.1) is 0 Å². The first kappa shape index (κ1) is 12.8. The fourth-order valence-electron chi connectivity index (χ4n) is 1.38. The van der Waals surface area contributed by atoms with Crippen LogP contribution in [0.3, 0.4) is 0 Å². The van der Waals surface area contributed by atoms with E-state index in [-0.39, 0.29) is 0 Å². The number of nitrogens with one attached hydrogen (secondary N) is 1. The first-order chi connectivity index (χ1) is 8.81. The third kappa shape index (κ3) is 3.41. The summed E-state index contributed by atoms with van der Waals surface area (Å²) >= 11 is 1.37. The van der Waals surface area contributed by atoms with Gasteiger partial charge < -0.3 is 15.8 Å². The van der Waals surface area contributed by atoms with Crippen molar-refractivity contribution in [3.05, 3.63) is 30.1 Å². The maximum Gasteiger partial charge on any atom is 0.207 e. The predicted octanol–water partition coefficient (Wildman–Crippen LogP) is 2.18. The molecule has 1 aromatic carbocycles. The highest BCUT2D eigenvalue weighted by Crippen LogP contribution is 2.21. The molecule has 3 N–H and O–H groups in total. The van der Waals surface area contributed by atoms with E-state index in [0.717, 1.165) is 28.8 Å². The van der Waals surface area contributed by atoms with Gasteiger partial charge in [-0.2, -0.15) is 4.37 Å². The van der Waals surface area contributed by atoms with Crippen molar-refractivity contribution in [2.75, 3.05) is 18.5 Å². The minimum atomic E-state index is 0.518. The number of hydrogen-bond acceptors (Lipinski definition) is 6. The molecule has 0 radical (unpaired) electrons. The van der Waals surface area contributed by atoms with Crippen molar-refractivity contribution in [3.8, 4) is 5.75 Å². The average molecular weight is 264 g/mol. The number of rotatable bonds is 6. The van der Waals surface area contributed by atoms with Crippen LogP contribution in [0.1, 0.15) is 12.7 Å². The number of aryl methyl sites for hydroxylation is 1. The third-order valence-corrected chi connectivity index (χ3v) is 2.94. The van der Waals surface area contributed by atoms with Crippen LogP contribution in [0.25, 0.3) is 0 Å². The Morgan fingerprint density at radius 3 is 2.72 bits per heavy atom. The normalized spacial score (nSPS) is 10.3. The minimum Gasteiger partial charge on any atom is -0.492 e. The summed E-state index contributed by atoms with van der Waals surface area (Å²) in [5.74, 6) is 1.68. The fourth-order valence-corrected chi connectivity index (χ4v) is 2.05. The van der Waals surface area contributed by atoms with Crippen LogP contribution < -0.4 is 15.8 Å². The van der Waals surface area contributed by atoms with Gasteiger partial charge in [0.1, 0.15) is 18.2 Å². The molecule has 2 aromatic rings. The summed E-state index contributed by atoms with van der Waals surface area (Å²) in [7, 11) is 0. The van der Waals surface area contributed by atoms with Gasteiger partial charge in [0, 0.05) is 30.2 Å². The van der Waals surface area contributed by atoms with Gasteiger partial charge in [-0.05, 0) is 24.3 Å². The first-order valence-electron chi connectivity index (χ1n) is 5.84. The Kier molecular flexibility index (Phi) is 4.49. The number of benzene rings is 1. The summed E-state index contributed by atoms with van der Waals surface area (Å²) < 4.78 is 9.62. The molecule has 0 fully saturated rings. The molecule has 0 unspecified atom stereocenters. The highest BCUT2D eigenvalue weighted by atomic mass is 32.1. The van der Waals surface area contributed by atoms with Crippen LogP contribution in [0.2, 0.25) is 0 Å². The van der Waals surface area contributed by atoms with Crippen molar-refractivity contribution >= 4 is 22.4 Å². The Hall–Kier alpha value is -1.66. The molecular weight excluding hydrogens is 248 g/mol. The Morgan fingerprint density at radius 2 is 2.11 bits per heavy atom. The van der Waals surface area contributed by atoms with Crippen LogP contribution >= 0.6 is 11.5 Å². The molecule has 6 heteroatoms. The summed E-state index contributed by atoms with van der Waals surface area (Å²) in [6.07, 6.45) is 0.851. The topological polar surface area (TPSA) is 73.1 Å². The van der Waals surface area contributed by atoms with Gasteiger partial charge in [0.15, 0.2) is 0 Å². The maximum absolute atomic E-state index is 5.40. The Morgan fingerprint density at radius 1 is 1.33 bits per heavy atom. The molecule has 2 rings (SSSR count). The third-order valence-electron chi connectivity index (χ3n) is 2.28. The predicted molar refractivity (Wildman–Crippen MR) is 73.6 cm³/mol. The van der Waals surface area contributed by atoms with Crippen molar-refractivity contribution in [2.24, 2.45) is 5.73 Å². The molecule has 0 aliphatic rings. The molecule has 0 amide bonds. The number of aromatic nitrogens is 2. The zero-order valence-electron chi connectivity index (χ0n) is 10.2. The first-order valence-corrected chi connectivity index (χ1v) is 6.61. The lowest BCUT2D eigenvalue weighted by molar-refractivity contribution is 0.328. The molecule has 0 spiro atoms. The van der Waals surface area contributed by atoms with Crippen molar-refractivity contribution in [2.45, 2.75) is 13.3 Å². The van der Waals surface area contributed by atoms with Crippen molar-refractivity contribution in [1.29, 1.82) is 0 Å². The van der Waals surface area contributed by atoms with Gasteiger partial charge in [0.25, 0.3) is 0 Å².